The third kappa shape index (κ3) is 2.99. The summed E-state index contributed by atoms with van der Waals surface area (Å²) in [7, 11) is 0. The van der Waals surface area contributed by atoms with Gasteiger partial charge in [-0.05, 0) is 35.9 Å². The molecule has 0 aliphatic rings. The Morgan fingerprint density at radius 1 is 1.11 bits per heavy atom. The number of benzene rings is 2. The van der Waals surface area contributed by atoms with Crippen LogP contribution in [-0.2, 0) is 0 Å². The number of phenolic OH excluding ortho intramolecular Hbond substituents is 1. The summed E-state index contributed by atoms with van der Waals surface area (Å²) in [6, 6.07) is 12.2. The van der Waals surface area contributed by atoms with Gasteiger partial charge in [0.25, 0.3) is 0 Å². The normalized spacial score (nSPS) is 12.1. The van der Waals surface area contributed by atoms with Crippen molar-refractivity contribution < 1.29 is 14.6 Å². The highest BCUT2D eigenvalue weighted by Gasteiger charge is 2.10. The standard InChI is InChI=1S/C14H14FNO2/c15-11-4-2-5-12(8-11)16-14(9-17)10-3-1-6-13(18)7-10/h1-8,14,16-18H,9H2. The van der Waals surface area contributed by atoms with Crippen LogP contribution in [0.5, 0.6) is 5.75 Å². The van der Waals surface area contributed by atoms with Crippen LogP contribution in [0.4, 0.5) is 10.1 Å². The van der Waals surface area contributed by atoms with Crippen LogP contribution >= 0.6 is 0 Å². The van der Waals surface area contributed by atoms with Gasteiger partial charge in [0, 0.05) is 5.69 Å². The molecule has 2 aromatic carbocycles. The van der Waals surface area contributed by atoms with Crippen LogP contribution in [0.1, 0.15) is 11.6 Å². The van der Waals surface area contributed by atoms with Gasteiger partial charge >= 0.3 is 0 Å². The van der Waals surface area contributed by atoms with E-state index in [-0.39, 0.29) is 24.2 Å². The topological polar surface area (TPSA) is 52.5 Å². The summed E-state index contributed by atoms with van der Waals surface area (Å²) >= 11 is 0. The quantitative estimate of drug-likeness (QED) is 0.778. The van der Waals surface area contributed by atoms with Crippen LogP contribution in [0.3, 0.4) is 0 Å². The van der Waals surface area contributed by atoms with E-state index in [4.69, 9.17) is 0 Å². The zero-order valence-electron chi connectivity index (χ0n) is 9.68. The molecule has 0 fully saturated rings. The van der Waals surface area contributed by atoms with Crippen LogP contribution in [0, 0.1) is 5.82 Å². The van der Waals surface area contributed by atoms with E-state index in [1.165, 1.54) is 12.1 Å². The molecule has 0 aliphatic heterocycles. The number of aliphatic hydroxyl groups is 1. The van der Waals surface area contributed by atoms with E-state index in [2.05, 4.69) is 5.32 Å². The molecule has 0 aliphatic carbocycles. The van der Waals surface area contributed by atoms with Crippen LogP contribution in [-0.4, -0.2) is 16.8 Å². The largest absolute Gasteiger partial charge is 0.508 e. The van der Waals surface area contributed by atoms with Crippen molar-refractivity contribution in [1.82, 2.24) is 0 Å². The maximum atomic E-state index is 13.0. The molecule has 18 heavy (non-hydrogen) atoms. The van der Waals surface area contributed by atoms with Crippen molar-refractivity contribution in [3.05, 3.63) is 59.9 Å². The Hall–Kier alpha value is -2.07. The van der Waals surface area contributed by atoms with Crippen molar-refractivity contribution in [3.8, 4) is 5.75 Å². The number of rotatable bonds is 4. The second-order valence-electron chi connectivity index (χ2n) is 3.98. The summed E-state index contributed by atoms with van der Waals surface area (Å²) in [5, 5.41) is 21.8. The number of aliphatic hydroxyl groups excluding tert-OH is 1. The van der Waals surface area contributed by atoms with Crippen LogP contribution in [0.2, 0.25) is 0 Å². The Kier molecular flexibility index (Phi) is 3.79. The van der Waals surface area contributed by atoms with Gasteiger partial charge in [0.15, 0.2) is 0 Å². The van der Waals surface area contributed by atoms with Gasteiger partial charge in [0.05, 0.1) is 12.6 Å². The fraction of sp³-hybridized carbons (Fsp3) is 0.143. The molecule has 1 atom stereocenters. The van der Waals surface area contributed by atoms with Crippen LogP contribution in [0.25, 0.3) is 0 Å². The summed E-state index contributed by atoms with van der Waals surface area (Å²) in [5.41, 5.74) is 1.32. The Labute approximate surface area is 105 Å². The highest BCUT2D eigenvalue weighted by atomic mass is 19.1. The van der Waals surface area contributed by atoms with Gasteiger partial charge in [0.2, 0.25) is 0 Å². The van der Waals surface area contributed by atoms with E-state index in [9.17, 15) is 14.6 Å². The Balaban J connectivity index is 2.19. The van der Waals surface area contributed by atoms with Crippen molar-refractivity contribution in [2.24, 2.45) is 0 Å². The number of hydrogen-bond acceptors (Lipinski definition) is 3. The molecule has 0 amide bonds. The number of anilines is 1. The minimum absolute atomic E-state index is 0.131. The molecule has 0 bridgehead atoms. The van der Waals surface area contributed by atoms with Crippen LogP contribution < -0.4 is 5.32 Å². The molecule has 0 radical (unpaired) electrons. The molecular formula is C14H14FNO2. The lowest BCUT2D eigenvalue weighted by Crippen LogP contribution is -2.14. The van der Waals surface area contributed by atoms with E-state index in [1.54, 1.807) is 36.4 Å². The number of hydrogen-bond donors (Lipinski definition) is 3. The molecule has 2 rings (SSSR count). The Morgan fingerprint density at radius 3 is 2.56 bits per heavy atom. The van der Waals surface area contributed by atoms with Crippen molar-refractivity contribution in [2.75, 3.05) is 11.9 Å². The maximum absolute atomic E-state index is 13.0. The molecule has 2 aromatic rings. The van der Waals surface area contributed by atoms with Crippen molar-refractivity contribution in [2.45, 2.75) is 6.04 Å². The first-order valence-electron chi connectivity index (χ1n) is 5.61. The SMILES string of the molecule is OCC(Nc1cccc(F)c1)c1cccc(O)c1. The van der Waals surface area contributed by atoms with E-state index >= 15 is 0 Å². The molecule has 4 heteroatoms. The number of halogens is 1. The van der Waals surface area contributed by atoms with Crippen molar-refractivity contribution in [1.29, 1.82) is 0 Å². The van der Waals surface area contributed by atoms with Gasteiger partial charge in [0.1, 0.15) is 11.6 Å². The van der Waals surface area contributed by atoms with Crippen molar-refractivity contribution >= 4 is 5.69 Å². The highest BCUT2D eigenvalue weighted by Crippen LogP contribution is 2.22. The van der Waals surface area contributed by atoms with Gasteiger partial charge < -0.3 is 15.5 Å². The lowest BCUT2D eigenvalue weighted by Gasteiger charge is -2.18. The lowest BCUT2D eigenvalue weighted by atomic mass is 10.1. The van der Waals surface area contributed by atoms with E-state index < -0.39 is 0 Å². The zero-order chi connectivity index (χ0) is 13.0. The molecule has 0 saturated heterocycles. The van der Waals surface area contributed by atoms with E-state index in [0.29, 0.717) is 5.69 Å². The molecule has 0 spiro atoms. The summed E-state index contributed by atoms with van der Waals surface area (Å²) in [4.78, 5) is 0. The second kappa shape index (κ2) is 5.51. The Morgan fingerprint density at radius 2 is 1.89 bits per heavy atom. The second-order valence-corrected chi connectivity index (χ2v) is 3.98. The third-order valence-corrected chi connectivity index (χ3v) is 2.62. The molecule has 0 heterocycles. The van der Waals surface area contributed by atoms with Gasteiger partial charge in [-0.1, -0.05) is 18.2 Å². The predicted octanol–water partition coefficient (Wildman–Crippen LogP) is 2.68. The smallest absolute Gasteiger partial charge is 0.125 e. The lowest BCUT2D eigenvalue weighted by molar-refractivity contribution is 0.276. The van der Waals surface area contributed by atoms with Crippen LogP contribution in [0.15, 0.2) is 48.5 Å². The van der Waals surface area contributed by atoms with Gasteiger partial charge in [-0.3, -0.25) is 0 Å². The molecule has 3 N–H and O–H groups in total. The van der Waals surface area contributed by atoms with Gasteiger partial charge in [-0.25, -0.2) is 4.39 Å². The van der Waals surface area contributed by atoms with Crippen molar-refractivity contribution in [3.63, 3.8) is 0 Å². The predicted molar refractivity (Wildman–Crippen MR) is 68.0 cm³/mol. The maximum Gasteiger partial charge on any atom is 0.125 e. The third-order valence-electron chi connectivity index (χ3n) is 2.62. The minimum Gasteiger partial charge on any atom is -0.508 e. The minimum atomic E-state index is -0.390. The molecule has 1 unspecified atom stereocenters. The summed E-state index contributed by atoms with van der Waals surface area (Å²) in [5.74, 6) is -0.209. The van der Waals surface area contributed by atoms with E-state index in [1.807, 2.05) is 0 Å². The molecule has 0 saturated carbocycles. The zero-order valence-corrected chi connectivity index (χ0v) is 9.68. The molecular weight excluding hydrogens is 233 g/mol. The fourth-order valence-electron chi connectivity index (χ4n) is 1.76. The number of phenols is 1. The first-order valence-corrected chi connectivity index (χ1v) is 5.61. The number of aromatic hydroxyl groups is 1. The summed E-state index contributed by atoms with van der Waals surface area (Å²) in [6.07, 6.45) is 0. The molecule has 0 aromatic heterocycles. The molecule has 94 valence electrons. The average Bonchev–Trinajstić information content (AvgIpc) is 2.36. The first kappa shape index (κ1) is 12.4. The van der Waals surface area contributed by atoms with Gasteiger partial charge in [-0.15, -0.1) is 0 Å². The first-order chi connectivity index (χ1) is 8.69. The number of nitrogens with one attached hydrogen (secondary N) is 1. The van der Waals surface area contributed by atoms with Gasteiger partial charge in [-0.2, -0.15) is 0 Å². The Bertz CT molecular complexity index is 531. The monoisotopic (exact) mass is 247 g/mol. The summed E-state index contributed by atoms with van der Waals surface area (Å²) in [6.45, 7) is -0.153. The average molecular weight is 247 g/mol. The van der Waals surface area contributed by atoms with E-state index in [0.717, 1.165) is 5.56 Å². The summed E-state index contributed by atoms with van der Waals surface area (Å²) < 4.78 is 13.0. The highest BCUT2D eigenvalue weighted by molar-refractivity contribution is 5.46. The molecule has 3 nitrogen and oxygen atoms in total. The fourth-order valence-corrected chi connectivity index (χ4v) is 1.76.